The van der Waals surface area contributed by atoms with Crippen molar-refractivity contribution in [2.24, 2.45) is 23.2 Å². The normalized spacial score (nSPS) is 38.1. The molecule has 3 rings (SSSR count). The molecule has 0 aromatic rings. The van der Waals surface area contributed by atoms with Crippen molar-refractivity contribution in [1.29, 1.82) is 0 Å². The average Bonchev–Trinajstić information content (AvgIpc) is 3.00. The number of hydrogen-bond donors (Lipinski definition) is 0. The summed E-state index contributed by atoms with van der Waals surface area (Å²) in [7, 11) is 0. The zero-order chi connectivity index (χ0) is 8.89. The van der Waals surface area contributed by atoms with Crippen LogP contribution in [0.4, 0.5) is 0 Å². The molecular formula is C13H22. The molecule has 3 aliphatic rings. The second kappa shape index (κ2) is 2.74. The first kappa shape index (κ1) is 8.32. The van der Waals surface area contributed by atoms with E-state index >= 15 is 0 Å². The van der Waals surface area contributed by atoms with Crippen LogP contribution in [0.3, 0.4) is 0 Å². The summed E-state index contributed by atoms with van der Waals surface area (Å²) in [6, 6.07) is 0. The summed E-state index contributed by atoms with van der Waals surface area (Å²) in [6.45, 7) is 2.52. The Labute approximate surface area is 82.1 Å². The van der Waals surface area contributed by atoms with E-state index in [9.17, 15) is 0 Å². The first-order valence-electron chi connectivity index (χ1n) is 6.30. The van der Waals surface area contributed by atoms with Gasteiger partial charge in [-0.1, -0.05) is 32.6 Å². The summed E-state index contributed by atoms with van der Waals surface area (Å²) < 4.78 is 0. The molecule has 0 radical (unpaired) electrons. The van der Waals surface area contributed by atoms with Gasteiger partial charge in [0.25, 0.3) is 0 Å². The van der Waals surface area contributed by atoms with Crippen molar-refractivity contribution in [2.45, 2.75) is 58.3 Å². The van der Waals surface area contributed by atoms with E-state index in [1.165, 1.54) is 12.8 Å². The maximum Gasteiger partial charge on any atom is -0.0263 e. The smallest absolute Gasteiger partial charge is 0.0263 e. The molecule has 13 heavy (non-hydrogen) atoms. The lowest BCUT2D eigenvalue weighted by Gasteiger charge is -2.15. The molecule has 0 saturated heterocycles. The van der Waals surface area contributed by atoms with Gasteiger partial charge in [-0.15, -0.1) is 0 Å². The van der Waals surface area contributed by atoms with Crippen molar-refractivity contribution in [2.75, 3.05) is 0 Å². The SMILES string of the molecule is CC(CC1CCCC1)C1CC12CC2. The first-order chi connectivity index (χ1) is 6.30. The Morgan fingerprint density at radius 1 is 1.23 bits per heavy atom. The molecule has 2 atom stereocenters. The lowest BCUT2D eigenvalue weighted by atomic mass is 9.90. The highest BCUT2D eigenvalue weighted by Gasteiger charge is 2.63. The average molecular weight is 178 g/mol. The van der Waals surface area contributed by atoms with Crippen LogP contribution in [0.15, 0.2) is 0 Å². The molecule has 0 bridgehead atoms. The largest absolute Gasteiger partial charge is 0.0622 e. The van der Waals surface area contributed by atoms with Gasteiger partial charge in [-0.3, -0.25) is 0 Å². The Morgan fingerprint density at radius 2 is 1.92 bits per heavy atom. The minimum Gasteiger partial charge on any atom is -0.0622 e. The Kier molecular flexibility index (Phi) is 1.76. The fourth-order valence-electron chi connectivity index (χ4n) is 3.86. The fourth-order valence-corrected chi connectivity index (χ4v) is 3.86. The van der Waals surface area contributed by atoms with Crippen LogP contribution in [0, 0.1) is 23.2 Å². The van der Waals surface area contributed by atoms with E-state index in [0.717, 1.165) is 23.2 Å². The zero-order valence-corrected chi connectivity index (χ0v) is 8.89. The molecule has 0 N–H and O–H groups in total. The van der Waals surface area contributed by atoms with Gasteiger partial charge in [-0.05, 0) is 48.9 Å². The topological polar surface area (TPSA) is 0 Å². The first-order valence-corrected chi connectivity index (χ1v) is 6.30. The van der Waals surface area contributed by atoms with Crippen molar-refractivity contribution in [3.05, 3.63) is 0 Å². The Bertz CT molecular complexity index is 196. The summed E-state index contributed by atoms with van der Waals surface area (Å²) in [4.78, 5) is 0. The van der Waals surface area contributed by atoms with Crippen LogP contribution in [-0.4, -0.2) is 0 Å². The van der Waals surface area contributed by atoms with E-state index in [1.54, 1.807) is 38.5 Å². The quantitative estimate of drug-likeness (QED) is 0.612. The molecule has 0 nitrogen and oxygen atoms in total. The van der Waals surface area contributed by atoms with Crippen LogP contribution < -0.4 is 0 Å². The molecule has 0 heterocycles. The predicted octanol–water partition coefficient (Wildman–Crippen LogP) is 4.00. The standard InChI is InChI=1S/C13H22/c1-10(8-11-4-2-3-5-11)12-9-13(12)6-7-13/h10-12H,2-9H2,1H3. The van der Waals surface area contributed by atoms with E-state index in [1.807, 2.05) is 0 Å². The van der Waals surface area contributed by atoms with Crippen LogP contribution in [0.25, 0.3) is 0 Å². The van der Waals surface area contributed by atoms with E-state index in [0.29, 0.717) is 0 Å². The summed E-state index contributed by atoms with van der Waals surface area (Å²) >= 11 is 0. The van der Waals surface area contributed by atoms with E-state index in [2.05, 4.69) is 6.92 Å². The summed E-state index contributed by atoms with van der Waals surface area (Å²) in [5, 5.41) is 0. The molecule has 3 aliphatic carbocycles. The van der Waals surface area contributed by atoms with Gasteiger partial charge >= 0.3 is 0 Å². The summed E-state index contributed by atoms with van der Waals surface area (Å²) in [6.07, 6.45) is 12.4. The minimum absolute atomic E-state index is 0.942. The monoisotopic (exact) mass is 178 g/mol. The van der Waals surface area contributed by atoms with Gasteiger partial charge in [-0.2, -0.15) is 0 Å². The third kappa shape index (κ3) is 1.43. The van der Waals surface area contributed by atoms with Crippen molar-refractivity contribution in [3.63, 3.8) is 0 Å². The van der Waals surface area contributed by atoms with Crippen LogP contribution in [0.5, 0.6) is 0 Å². The predicted molar refractivity (Wildman–Crippen MR) is 55.5 cm³/mol. The van der Waals surface area contributed by atoms with Gasteiger partial charge in [0.2, 0.25) is 0 Å². The Morgan fingerprint density at radius 3 is 2.46 bits per heavy atom. The molecule has 74 valence electrons. The van der Waals surface area contributed by atoms with Gasteiger partial charge < -0.3 is 0 Å². The molecule has 0 aromatic heterocycles. The van der Waals surface area contributed by atoms with Gasteiger partial charge in [0.15, 0.2) is 0 Å². The second-order valence-electron chi connectivity index (χ2n) is 6.04. The van der Waals surface area contributed by atoms with Crippen LogP contribution in [0.2, 0.25) is 0 Å². The fraction of sp³-hybridized carbons (Fsp3) is 1.00. The van der Waals surface area contributed by atoms with Crippen molar-refractivity contribution in [3.8, 4) is 0 Å². The third-order valence-corrected chi connectivity index (χ3v) is 5.01. The van der Waals surface area contributed by atoms with Crippen molar-refractivity contribution in [1.82, 2.24) is 0 Å². The third-order valence-electron chi connectivity index (χ3n) is 5.01. The van der Waals surface area contributed by atoms with Crippen molar-refractivity contribution < 1.29 is 0 Å². The van der Waals surface area contributed by atoms with Gasteiger partial charge in [-0.25, -0.2) is 0 Å². The molecule has 0 amide bonds. The van der Waals surface area contributed by atoms with Crippen LogP contribution in [-0.2, 0) is 0 Å². The minimum atomic E-state index is 0.942. The molecule has 0 aliphatic heterocycles. The van der Waals surface area contributed by atoms with E-state index in [-0.39, 0.29) is 0 Å². The Hall–Kier alpha value is 0. The lowest BCUT2D eigenvalue weighted by Crippen LogP contribution is -2.06. The number of hydrogen-bond acceptors (Lipinski definition) is 0. The Balaban J connectivity index is 1.49. The van der Waals surface area contributed by atoms with E-state index in [4.69, 9.17) is 0 Å². The highest BCUT2D eigenvalue weighted by Crippen LogP contribution is 2.73. The zero-order valence-electron chi connectivity index (χ0n) is 8.89. The molecule has 1 spiro atoms. The van der Waals surface area contributed by atoms with Gasteiger partial charge in [0, 0.05) is 0 Å². The van der Waals surface area contributed by atoms with E-state index < -0.39 is 0 Å². The molecule has 3 fully saturated rings. The maximum absolute atomic E-state index is 2.52. The van der Waals surface area contributed by atoms with Crippen LogP contribution >= 0.6 is 0 Å². The maximum atomic E-state index is 2.52. The molecule has 0 aromatic carbocycles. The molecule has 0 heteroatoms. The number of rotatable bonds is 3. The van der Waals surface area contributed by atoms with Crippen LogP contribution in [0.1, 0.15) is 58.3 Å². The summed E-state index contributed by atoms with van der Waals surface area (Å²) in [5.41, 5.74) is 0.942. The van der Waals surface area contributed by atoms with Crippen molar-refractivity contribution >= 4 is 0 Å². The van der Waals surface area contributed by atoms with Gasteiger partial charge in [0.1, 0.15) is 0 Å². The second-order valence-corrected chi connectivity index (χ2v) is 6.04. The highest BCUT2D eigenvalue weighted by atomic mass is 14.7. The lowest BCUT2D eigenvalue weighted by molar-refractivity contribution is 0.349. The van der Waals surface area contributed by atoms with Gasteiger partial charge in [0.05, 0.1) is 0 Å². The molecule has 3 saturated carbocycles. The highest BCUT2D eigenvalue weighted by molar-refractivity contribution is 5.13. The molecular weight excluding hydrogens is 156 g/mol. The molecule has 2 unspecified atom stereocenters. The summed E-state index contributed by atoms with van der Waals surface area (Å²) in [5.74, 6) is 3.34.